The van der Waals surface area contributed by atoms with Crippen LogP contribution < -0.4 is 10.2 Å². The lowest BCUT2D eigenvalue weighted by molar-refractivity contribution is -0.116. The van der Waals surface area contributed by atoms with Crippen LogP contribution in [-0.4, -0.2) is 13.0 Å². The molecule has 2 aromatic rings. The van der Waals surface area contributed by atoms with Crippen LogP contribution in [0.2, 0.25) is 0 Å². The molecule has 2 rings (SSSR count). The summed E-state index contributed by atoms with van der Waals surface area (Å²) in [6.45, 7) is 3.17. The predicted octanol–water partition coefficient (Wildman–Crippen LogP) is 4.12. The first kappa shape index (κ1) is 15.9. The largest absolute Gasteiger partial charge is 0.378 e. The Kier molecular flexibility index (Phi) is 4.75. The van der Waals surface area contributed by atoms with E-state index in [1.54, 1.807) is 38.2 Å². The second-order valence-electron chi connectivity index (χ2n) is 5.13. The first-order valence-electron chi connectivity index (χ1n) is 6.95. The molecule has 0 aliphatic carbocycles. The molecule has 3 nitrogen and oxygen atoms in total. The molecule has 0 fully saturated rings. The highest BCUT2D eigenvalue weighted by Crippen LogP contribution is 2.25. The maximum atomic E-state index is 13.7. The van der Waals surface area contributed by atoms with Crippen molar-refractivity contribution in [3.05, 3.63) is 59.7 Å². The van der Waals surface area contributed by atoms with Crippen molar-refractivity contribution in [2.75, 3.05) is 17.3 Å². The number of nitrogens with one attached hydrogen (secondary N) is 1. The van der Waals surface area contributed by atoms with E-state index < -0.39 is 17.7 Å². The van der Waals surface area contributed by atoms with Crippen molar-refractivity contribution in [1.29, 1.82) is 0 Å². The van der Waals surface area contributed by atoms with Crippen molar-refractivity contribution >= 4 is 17.3 Å². The summed E-state index contributed by atoms with van der Waals surface area (Å²) in [5, 5.41) is 3.05. The Bertz CT molecular complexity index is 651. The molecule has 0 aliphatic rings. The van der Waals surface area contributed by atoms with E-state index >= 15 is 0 Å². The molecule has 0 spiro atoms. The van der Waals surface area contributed by atoms with Crippen LogP contribution in [0.5, 0.6) is 0 Å². The van der Waals surface area contributed by atoms with Crippen LogP contribution in [0.1, 0.15) is 25.5 Å². The van der Waals surface area contributed by atoms with Crippen LogP contribution in [0, 0.1) is 11.6 Å². The summed E-state index contributed by atoms with van der Waals surface area (Å²) in [6, 6.07) is 10.4. The molecule has 0 saturated heterocycles. The van der Waals surface area contributed by atoms with Gasteiger partial charge in [-0.3, -0.25) is 4.79 Å². The number of rotatable bonds is 4. The minimum atomic E-state index is -0.576. The van der Waals surface area contributed by atoms with E-state index in [0.29, 0.717) is 0 Å². The highest BCUT2D eigenvalue weighted by molar-refractivity contribution is 5.91. The Hall–Kier alpha value is -2.43. The number of halogens is 2. The van der Waals surface area contributed by atoms with Gasteiger partial charge in [-0.2, -0.15) is 0 Å². The third-order valence-electron chi connectivity index (χ3n) is 3.54. The third-order valence-corrected chi connectivity index (χ3v) is 3.54. The molecule has 0 unspecified atom stereocenters. The predicted molar refractivity (Wildman–Crippen MR) is 83.9 cm³/mol. The molecule has 22 heavy (non-hydrogen) atoms. The average Bonchev–Trinajstić information content (AvgIpc) is 2.47. The highest BCUT2D eigenvalue weighted by atomic mass is 19.1. The number of amides is 1. The van der Waals surface area contributed by atoms with Crippen molar-refractivity contribution in [1.82, 2.24) is 0 Å². The second-order valence-corrected chi connectivity index (χ2v) is 5.13. The molecular formula is C17H18F2N2O. The average molecular weight is 304 g/mol. The summed E-state index contributed by atoms with van der Waals surface area (Å²) in [4.78, 5) is 12.8. The fraction of sp³-hybridized carbons (Fsp3) is 0.235. The van der Waals surface area contributed by atoms with Crippen molar-refractivity contribution in [2.45, 2.75) is 19.9 Å². The topological polar surface area (TPSA) is 32.3 Å². The molecule has 5 heteroatoms. The molecule has 0 heterocycles. The smallest absolute Gasteiger partial charge is 0.223 e. The van der Waals surface area contributed by atoms with Crippen LogP contribution in [0.3, 0.4) is 0 Å². The van der Waals surface area contributed by atoms with Gasteiger partial charge in [0.15, 0.2) is 0 Å². The quantitative estimate of drug-likeness (QED) is 0.921. The molecule has 1 atom stereocenters. The molecule has 1 amide bonds. The molecule has 1 N–H and O–H groups in total. The van der Waals surface area contributed by atoms with Crippen LogP contribution in [0.15, 0.2) is 42.5 Å². The maximum Gasteiger partial charge on any atom is 0.223 e. The van der Waals surface area contributed by atoms with Crippen molar-refractivity contribution in [3.63, 3.8) is 0 Å². The van der Waals surface area contributed by atoms with Gasteiger partial charge in [0.2, 0.25) is 5.91 Å². The van der Waals surface area contributed by atoms with Gasteiger partial charge >= 0.3 is 0 Å². The van der Waals surface area contributed by atoms with E-state index in [-0.39, 0.29) is 11.5 Å². The third kappa shape index (κ3) is 3.42. The Morgan fingerprint density at radius 3 is 2.14 bits per heavy atom. The molecule has 0 radical (unpaired) electrons. The van der Waals surface area contributed by atoms with Crippen LogP contribution in [0.4, 0.5) is 20.2 Å². The molecule has 0 aliphatic heterocycles. The lowest BCUT2D eigenvalue weighted by atomic mass is 10.1. The lowest BCUT2D eigenvalue weighted by Gasteiger charge is -2.19. The Labute approximate surface area is 128 Å². The van der Waals surface area contributed by atoms with Crippen LogP contribution >= 0.6 is 0 Å². The summed E-state index contributed by atoms with van der Waals surface area (Å²) < 4.78 is 27.5. The standard InChI is InChI=1S/C17H18F2N2O/c1-11(17-15(18)5-4-6-16(17)19)20-13-7-9-14(10-8-13)21(3)12(2)22/h4-11,20H,1-3H3/t11-/m0/s1. The fourth-order valence-electron chi connectivity index (χ4n) is 2.21. The number of hydrogen-bond acceptors (Lipinski definition) is 2. The lowest BCUT2D eigenvalue weighted by Crippen LogP contribution is -2.22. The van der Waals surface area contributed by atoms with Crippen LogP contribution in [-0.2, 0) is 4.79 Å². The molecular weight excluding hydrogens is 286 g/mol. The van der Waals surface area contributed by atoms with Gasteiger partial charge in [-0.15, -0.1) is 0 Å². The number of carbonyl (C=O) groups is 1. The molecule has 2 aromatic carbocycles. The van der Waals surface area contributed by atoms with E-state index in [4.69, 9.17) is 0 Å². The van der Waals surface area contributed by atoms with Crippen molar-refractivity contribution < 1.29 is 13.6 Å². The number of anilines is 2. The summed E-state index contributed by atoms with van der Waals surface area (Å²) in [6.07, 6.45) is 0. The summed E-state index contributed by atoms with van der Waals surface area (Å²) in [5.41, 5.74) is 1.48. The van der Waals surface area contributed by atoms with Crippen LogP contribution in [0.25, 0.3) is 0 Å². The van der Waals surface area contributed by atoms with E-state index in [1.165, 1.54) is 30.0 Å². The molecule has 0 saturated carbocycles. The minimum Gasteiger partial charge on any atom is -0.378 e. The maximum absolute atomic E-state index is 13.7. The number of nitrogens with zero attached hydrogens (tertiary/aromatic N) is 1. The monoisotopic (exact) mass is 304 g/mol. The first-order valence-corrected chi connectivity index (χ1v) is 6.95. The van der Waals surface area contributed by atoms with E-state index in [1.807, 2.05) is 0 Å². The Morgan fingerprint density at radius 1 is 1.09 bits per heavy atom. The number of carbonyl (C=O) groups excluding carboxylic acids is 1. The second kappa shape index (κ2) is 6.56. The molecule has 116 valence electrons. The van der Waals surface area contributed by atoms with Gasteiger partial charge in [-0.1, -0.05) is 6.07 Å². The fourth-order valence-corrected chi connectivity index (χ4v) is 2.21. The molecule has 0 bridgehead atoms. The van der Waals surface area contributed by atoms with Gasteiger partial charge in [0.25, 0.3) is 0 Å². The normalized spacial score (nSPS) is 11.9. The summed E-state index contributed by atoms with van der Waals surface area (Å²) in [7, 11) is 1.68. The number of benzene rings is 2. The van der Waals surface area contributed by atoms with Gasteiger partial charge in [-0.25, -0.2) is 8.78 Å². The van der Waals surface area contributed by atoms with Gasteiger partial charge in [-0.05, 0) is 43.3 Å². The van der Waals surface area contributed by atoms with Crippen molar-refractivity contribution in [2.24, 2.45) is 0 Å². The highest BCUT2D eigenvalue weighted by Gasteiger charge is 2.15. The Morgan fingerprint density at radius 2 is 1.64 bits per heavy atom. The van der Waals surface area contributed by atoms with E-state index in [2.05, 4.69) is 5.32 Å². The van der Waals surface area contributed by atoms with E-state index in [0.717, 1.165) is 11.4 Å². The first-order chi connectivity index (χ1) is 10.4. The summed E-state index contributed by atoms with van der Waals surface area (Å²) >= 11 is 0. The van der Waals surface area contributed by atoms with Gasteiger partial charge < -0.3 is 10.2 Å². The molecule has 0 aromatic heterocycles. The zero-order valence-corrected chi connectivity index (χ0v) is 12.7. The minimum absolute atomic E-state index is 0.00688. The van der Waals surface area contributed by atoms with Crippen molar-refractivity contribution in [3.8, 4) is 0 Å². The van der Waals surface area contributed by atoms with E-state index in [9.17, 15) is 13.6 Å². The Balaban J connectivity index is 2.15. The zero-order chi connectivity index (χ0) is 16.3. The van der Waals surface area contributed by atoms with Gasteiger partial charge in [0.05, 0.1) is 6.04 Å². The number of hydrogen-bond donors (Lipinski definition) is 1. The SMILES string of the molecule is CC(=O)N(C)c1ccc(N[C@@H](C)c2c(F)cccc2F)cc1. The van der Waals surface area contributed by atoms with Gasteiger partial charge in [0.1, 0.15) is 11.6 Å². The zero-order valence-electron chi connectivity index (χ0n) is 12.7. The van der Waals surface area contributed by atoms with Gasteiger partial charge in [0, 0.05) is 30.9 Å². The summed E-state index contributed by atoms with van der Waals surface area (Å²) in [5.74, 6) is -1.22.